The van der Waals surface area contributed by atoms with E-state index < -0.39 is 21.0 Å². The van der Waals surface area contributed by atoms with Crippen LogP contribution in [0.5, 0.6) is 0 Å². The van der Waals surface area contributed by atoms with Gasteiger partial charge in [-0.3, -0.25) is 0 Å². The highest BCUT2D eigenvalue weighted by Gasteiger charge is 2.45. The quantitative estimate of drug-likeness (QED) is 0.326. The van der Waals surface area contributed by atoms with Crippen molar-refractivity contribution in [3.63, 3.8) is 0 Å². The fourth-order valence-electron chi connectivity index (χ4n) is 4.15. The average Bonchev–Trinajstić information content (AvgIpc) is 2.86. The lowest BCUT2D eigenvalue weighted by Gasteiger charge is -2.46. The number of benzene rings is 4. The van der Waals surface area contributed by atoms with E-state index in [0.29, 0.717) is 0 Å². The van der Waals surface area contributed by atoms with Crippen LogP contribution < -0.4 is 10.6 Å². The molecule has 0 bridgehead atoms. The van der Waals surface area contributed by atoms with E-state index in [4.69, 9.17) is 4.52 Å². The maximum absolute atomic E-state index is 7.29. The molecule has 2 unspecified atom stereocenters. The minimum Gasteiger partial charge on any atom is -0.334 e. The first-order valence-corrected chi connectivity index (χ1v) is 13.8. The summed E-state index contributed by atoms with van der Waals surface area (Å²) in [6.07, 6.45) is 2.15. The normalized spacial score (nSPS) is 20.5. The maximum Gasteiger partial charge on any atom is 0.124 e. The van der Waals surface area contributed by atoms with Crippen molar-refractivity contribution >= 4 is 26.1 Å². The Bertz CT molecular complexity index is 1030. The van der Waals surface area contributed by atoms with Crippen molar-refractivity contribution in [1.29, 1.82) is 0 Å². The highest BCUT2D eigenvalue weighted by atomic mass is 32.1. The lowest BCUT2D eigenvalue weighted by Crippen LogP contribution is -2.35. The third kappa shape index (κ3) is 3.75. The zero-order valence-electron chi connectivity index (χ0n) is 16.8. The van der Waals surface area contributed by atoms with Crippen molar-refractivity contribution in [2.75, 3.05) is 6.16 Å². The highest BCUT2D eigenvalue weighted by molar-refractivity contribution is 8.34. The Balaban J connectivity index is 1.64. The molecule has 1 aliphatic heterocycles. The van der Waals surface area contributed by atoms with E-state index in [1.807, 2.05) is 0 Å². The predicted octanol–water partition coefficient (Wildman–Crippen LogP) is 6.80. The van der Waals surface area contributed by atoms with Crippen LogP contribution in [0.15, 0.2) is 121 Å². The molecule has 1 saturated heterocycles. The standard InChI is InChI=1S/C27H24OP2/c1-5-13-23(14-6-1)27(24-15-7-2-8-16-24)21-22-29(25-17-9-3-10-18-25)30(28-27)26-19-11-4-12-20-26/h1-20H,21-22H2. The topological polar surface area (TPSA) is 9.23 Å². The smallest absolute Gasteiger partial charge is 0.124 e. The molecule has 0 N–H and O–H groups in total. The zero-order valence-corrected chi connectivity index (χ0v) is 18.6. The van der Waals surface area contributed by atoms with Crippen molar-refractivity contribution in [2.24, 2.45) is 0 Å². The van der Waals surface area contributed by atoms with Crippen LogP contribution in [0.1, 0.15) is 17.5 Å². The fraction of sp³-hybridized carbons (Fsp3) is 0.111. The molecule has 0 aromatic heterocycles. The summed E-state index contributed by atoms with van der Waals surface area (Å²) in [5, 5.41) is 2.77. The second-order valence-corrected chi connectivity index (χ2v) is 13.0. The Hall–Kier alpha value is -2.30. The first kappa shape index (κ1) is 19.7. The third-order valence-electron chi connectivity index (χ3n) is 5.65. The van der Waals surface area contributed by atoms with Gasteiger partial charge >= 0.3 is 0 Å². The van der Waals surface area contributed by atoms with Gasteiger partial charge in [-0.25, -0.2) is 0 Å². The minimum absolute atomic E-state index is 0.403. The maximum atomic E-state index is 7.29. The Labute approximate surface area is 181 Å². The summed E-state index contributed by atoms with van der Waals surface area (Å²) in [5.74, 6) is 0. The van der Waals surface area contributed by atoms with Crippen LogP contribution in [0.25, 0.3) is 0 Å². The molecule has 0 amide bonds. The van der Waals surface area contributed by atoms with Crippen molar-refractivity contribution in [3.05, 3.63) is 132 Å². The van der Waals surface area contributed by atoms with Crippen LogP contribution in [0.2, 0.25) is 0 Å². The van der Waals surface area contributed by atoms with Crippen LogP contribution >= 0.6 is 15.4 Å². The van der Waals surface area contributed by atoms with E-state index in [0.717, 1.165) is 12.6 Å². The van der Waals surface area contributed by atoms with Gasteiger partial charge in [0.15, 0.2) is 0 Å². The molecule has 4 aromatic carbocycles. The van der Waals surface area contributed by atoms with Gasteiger partial charge in [0.2, 0.25) is 0 Å². The molecule has 1 fully saturated rings. The van der Waals surface area contributed by atoms with E-state index >= 15 is 0 Å². The summed E-state index contributed by atoms with van der Waals surface area (Å²) in [7, 11) is -1.18. The molecule has 0 radical (unpaired) electrons. The predicted molar refractivity (Wildman–Crippen MR) is 130 cm³/mol. The molecular weight excluding hydrogens is 402 g/mol. The number of hydrogen-bond donors (Lipinski definition) is 0. The molecule has 0 saturated carbocycles. The van der Waals surface area contributed by atoms with Gasteiger partial charge in [-0.05, 0) is 36.6 Å². The Morgan fingerprint density at radius 2 is 0.967 bits per heavy atom. The van der Waals surface area contributed by atoms with E-state index in [-0.39, 0.29) is 0 Å². The molecule has 5 rings (SSSR count). The first-order chi connectivity index (χ1) is 14.9. The van der Waals surface area contributed by atoms with Crippen molar-refractivity contribution in [3.8, 4) is 0 Å². The highest BCUT2D eigenvalue weighted by Crippen LogP contribution is 2.74. The molecule has 0 aliphatic carbocycles. The van der Waals surface area contributed by atoms with Crippen LogP contribution in [-0.2, 0) is 10.1 Å². The molecule has 148 valence electrons. The minimum atomic E-state index is -0.777. The largest absolute Gasteiger partial charge is 0.334 e. The second-order valence-electron chi connectivity index (χ2n) is 7.47. The lowest BCUT2D eigenvalue weighted by atomic mass is 9.84. The summed E-state index contributed by atoms with van der Waals surface area (Å²) in [6, 6.07) is 43.4. The van der Waals surface area contributed by atoms with Crippen molar-refractivity contribution in [2.45, 2.75) is 12.0 Å². The second kappa shape index (κ2) is 8.83. The van der Waals surface area contributed by atoms with Crippen LogP contribution in [0, 0.1) is 0 Å². The zero-order chi connectivity index (χ0) is 20.2. The van der Waals surface area contributed by atoms with Crippen molar-refractivity contribution < 1.29 is 4.52 Å². The van der Waals surface area contributed by atoms with Crippen LogP contribution in [-0.4, -0.2) is 6.16 Å². The molecule has 4 aromatic rings. The van der Waals surface area contributed by atoms with E-state index in [1.54, 1.807) is 0 Å². The number of rotatable bonds is 4. The molecule has 30 heavy (non-hydrogen) atoms. The van der Waals surface area contributed by atoms with Crippen LogP contribution in [0.4, 0.5) is 0 Å². The van der Waals surface area contributed by atoms with Crippen molar-refractivity contribution in [1.82, 2.24) is 0 Å². The number of hydrogen-bond acceptors (Lipinski definition) is 1. The van der Waals surface area contributed by atoms with Gasteiger partial charge in [-0.1, -0.05) is 121 Å². The van der Waals surface area contributed by atoms with Crippen LogP contribution in [0.3, 0.4) is 0 Å². The molecule has 3 heteroatoms. The first-order valence-electron chi connectivity index (χ1n) is 10.3. The monoisotopic (exact) mass is 426 g/mol. The molecule has 0 spiro atoms. The molecule has 2 atom stereocenters. The van der Waals surface area contributed by atoms with Gasteiger partial charge in [-0.15, -0.1) is 0 Å². The Morgan fingerprint density at radius 1 is 0.533 bits per heavy atom. The van der Waals surface area contributed by atoms with E-state index in [9.17, 15) is 0 Å². The van der Waals surface area contributed by atoms with E-state index in [2.05, 4.69) is 121 Å². The average molecular weight is 426 g/mol. The van der Waals surface area contributed by atoms with E-state index in [1.165, 1.54) is 21.7 Å². The van der Waals surface area contributed by atoms with Gasteiger partial charge in [0, 0.05) is 5.30 Å². The Morgan fingerprint density at radius 3 is 1.47 bits per heavy atom. The molecule has 1 nitrogen and oxygen atoms in total. The molecule has 1 aliphatic rings. The summed E-state index contributed by atoms with van der Waals surface area (Å²) in [4.78, 5) is 0. The van der Waals surface area contributed by atoms with Gasteiger partial charge in [0.25, 0.3) is 0 Å². The summed E-state index contributed by atoms with van der Waals surface area (Å²) in [6.45, 7) is 0. The third-order valence-corrected chi connectivity index (χ3v) is 12.4. The van der Waals surface area contributed by atoms with Gasteiger partial charge in [0.05, 0.1) is 7.84 Å². The lowest BCUT2D eigenvalue weighted by molar-refractivity contribution is 0.128. The van der Waals surface area contributed by atoms with Gasteiger partial charge < -0.3 is 4.52 Å². The van der Waals surface area contributed by atoms with Gasteiger partial charge in [-0.2, -0.15) is 0 Å². The molecular formula is C27H24OP2. The Kier molecular flexibility index (Phi) is 5.78. The van der Waals surface area contributed by atoms with Gasteiger partial charge in [0.1, 0.15) is 5.60 Å². The molecule has 1 heterocycles. The SMILES string of the molecule is c1ccc(P2CCC(c3ccccc3)(c3ccccc3)OP2c2ccccc2)cc1. The summed E-state index contributed by atoms with van der Waals surface area (Å²) >= 11 is 0. The fourth-order valence-corrected chi connectivity index (χ4v) is 11.2. The summed E-state index contributed by atoms with van der Waals surface area (Å²) < 4.78 is 7.29. The summed E-state index contributed by atoms with van der Waals surface area (Å²) in [5.41, 5.74) is 2.10.